The molecule has 0 radical (unpaired) electrons. The number of nitrogens with one attached hydrogen (secondary N) is 1. The molecule has 1 fully saturated rings. The molecule has 0 spiro atoms. The standard InChI is InChI=1S/C28H35Cl2N3O6S/c1-3-24(28(35)31-21-7-4-5-8-21)32(17-19-10-11-20(29)15-23(19)30)27(34)9-6-14-33(40(2,36)37)22-12-13-25-26(16-22)39-18-38-25/h10-13,15-16,21,24H,3-9,14,17-18H2,1-2H3,(H,31,35)/t24-/m0/s1. The lowest BCUT2D eigenvalue weighted by Gasteiger charge is -2.32. The molecule has 1 aliphatic carbocycles. The highest BCUT2D eigenvalue weighted by molar-refractivity contribution is 7.92. The molecule has 0 saturated heterocycles. The molecule has 218 valence electrons. The molecule has 0 aromatic heterocycles. The minimum absolute atomic E-state index is 0.0367. The van der Waals surface area contributed by atoms with Gasteiger partial charge in [0.1, 0.15) is 6.04 Å². The molecule has 40 heavy (non-hydrogen) atoms. The monoisotopic (exact) mass is 611 g/mol. The highest BCUT2D eigenvalue weighted by Gasteiger charge is 2.31. The van der Waals surface area contributed by atoms with Crippen LogP contribution in [-0.2, 0) is 26.2 Å². The van der Waals surface area contributed by atoms with E-state index in [1.165, 1.54) is 4.31 Å². The van der Waals surface area contributed by atoms with E-state index in [2.05, 4.69) is 5.32 Å². The number of nitrogens with zero attached hydrogens (tertiary/aromatic N) is 2. The summed E-state index contributed by atoms with van der Waals surface area (Å²) in [6.07, 6.45) is 5.83. The maximum Gasteiger partial charge on any atom is 0.243 e. The molecule has 12 heteroatoms. The zero-order valence-electron chi connectivity index (χ0n) is 22.7. The van der Waals surface area contributed by atoms with E-state index >= 15 is 0 Å². The van der Waals surface area contributed by atoms with Crippen LogP contribution in [-0.4, -0.2) is 56.8 Å². The first-order valence-corrected chi connectivity index (χ1v) is 16.1. The van der Waals surface area contributed by atoms with Crippen molar-refractivity contribution in [1.82, 2.24) is 10.2 Å². The van der Waals surface area contributed by atoms with Crippen molar-refractivity contribution in [2.24, 2.45) is 0 Å². The molecular weight excluding hydrogens is 577 g/mol. The van der Waals surface area contributed by atoms with Crippen molar-refractivity contribution in [3.05, 3.63) is 52.0 Å². The maximum atomic E-state index is 13.7. The van der Waals surface area contributed by atoms with Gasteiger partial charge in [-0.1, -0.05) is 49.0 Å². The molecular formula is C28H35Cl2N3O6S. The Morgan fingerprint density at radius 2 is 1.80 bits per heavy atom. The fourth-order valence-electron chi connectivity index (χ4n) is 5.16. The van der Waals surface area contributed by atoms with Gasteiger partial charge >= 0.3 is 0 Å². The van der Waals surface area contributed by atoms with Crippen LogP contribution in [0, 0.1) is 0 Å². The molecule has 2 amide bonds. The number of ether oxygens (including phenoxy) is 2. The number of benzene rings is 2. The third kappa shape index (κ3) is 7.53. The summed E-state index contributed by atoms with van der Waals surface area (Å²) in [7, 11) is -3.64. The highest BCUT2D eigenvalue weighted by Crippen LogP contribution is 2.36. The first kappa shape index (κ1) is 30.3. The summed E-state index contributed by atoms with van der Waals surface area (Å²) >= 11 is 12.5. The molecule has 0 unspecified atom stereocenters. The zero-order valence-corrected chi connectivity index (χ0v) is 25.0. The maximum absolute atomic E-state index is 13.7. The van der Waals surface area contributed by atoms with E-state index in [0.717, 1.165) is 31.9 Å². The second-order valence-corrected chi connectivity index (χ2v) is 12.9. The Kier molecular flexibility index (Phi) is 10.1. The van der Waals surface area contributed by atoms with Gasteiger partial charge in [-0.2, -0.15) is 0 Å². The van der Waals surface area contributed by atoms with Gasteiger partial charge in [0.05, 0.1) is 11.9 Å². The Morgan fingerprint density at radius 3 is 2.48 bits per heavy atom. The van der Waals surface area contributed by atoms with Crippen LogP contribution in [0.15, 0.2) is 36.4 Å². The van der Waals surface area contributed by atoms with Gasteiger partial charge in [-0.15, -0.1) is 0 Å². The number of carbonyl (C=O) groups is 2. The molecule has 1 aliphatic heterocycles. The van der Waals surface area contributed by atoms with Gasteiger partial charge in [-0.3, -0.25) is 13.9 Å². The number of rotatable bonds is 12. The Hall–Kier alpha value is -2.69. The average Bonchev–Trinajstić information content (AvgIpc) is 3.58. The zero-order chi connectivity index (χ0) is 28.9. The van der Waals surface area contributed by atoms with Crippen molar-refractivity contribution in [1.29, 1.82) is 0 Å². The predicted molar refractivity (Wildman–Crippen MR) is 155 cm³/mol. The van der Waals surface area contributed by atoms with Crippen LogP contribution >= 0.6 is 23.2 Å². The van der Waals surface area contributed by atoms with Crippen LogP contribution < -0.4 is 19.1 Å². The third-order valence-corrected chi connectivity index (χ3v) is 9.02. The summed E-state index contributed by atoms with van der Waals surface area (Å²) in [4.78, 5) is 28.5. The van der Waals surface area contributed by atoms with Crippen molar-refractivity contribution in [3.8, 4) is 11.5 Å². The van der Waals surface area contributed by atoms with Gasteiger partial charge in [0, 0.05) is 41.7 Å². The minimum atomic E-state index is -3.64. The van der Waals surface area contributed by atoms with Crippen LogP contribution in [0.5, 0.6) is 11.5 Å². The van der Waals surface area contributed by atoms with E-state index in [-0.39, 0.29) is 50.6 Å². The van der Waals surface area contributed by atoms with Gasteiger partial charge in [-0.25, -0.2) is 8.42 Å². The summed E-state index contributed by atoms with van der Waals surface area (Å²) in [6.45, 7) is 2.15. The van der Waals surface area contributed by atoms with Crippen LogP contribution in [0.25, 0.3) is 0 Å². The van der Waals surface area contributed by atoms with Crippen molar-refractivity contribution < 1.29 is 27.5 Å². The minimum Gasteiger partial charge on any atom is -0.454 e. The summed E-state index contributed by atoms with van der Waals surface area (Å²) < 4.78 is 37.2. The molecule has 9 nitrogen and oxygen atoms in total. The van der Waals surface area contributed by atoms with Crippen LogP contribution in [0.1, 0.15) is 57.4 Å². The second-order valence-electron chi connectivity index (χ2n) is 10.1. The second kappa shape index (κ2) is 13.3. The predicted octanol–water partition coefficient (Wildman–Crippen LogP) is 5.13. The van der Waals surface area contributed by atoms with E-state index in [4.69, 9.17) is 32.7 Å². The Balaban J connectivity index is 1.50. The number of hydrogen-bond acceptors (Lipinski definition) is 6. The topological polar surface area (TPSA) is 105 Å². The van der Waals surface area contributed by atoms with Gasteiger partial charge in [0.15, 0.2) is 11.5 Å². The van der Waals surface area contributed by atoms with Crippen molar-refractivity contribution in [2.45, 2.75) is 70.5 Å². The molecule has 1 N–H and O–H groups in total. The Labute approximate surface area is 245 Å². The lowest BCUT2D eigenvalue weighted by atomic mass is 10.1. The molecule has 1 heterocycles. The molecule has 2 aliphatic rings. The first-order valence-electron chi connectivity index (χ1n) is 13.5. The number of sulfonamides is 1. The number of halogens is 2. The van der Waals surface area contributed by atoms with E-state index < -0.39 is 16.1 Å². The van der Waals surface area contributed by atoms with Gasteiger partial charge in [-0.05, 0) is 55.5 Å². The molecule has 0 bridgehead atoms. The normalized spacial score (nSPS) is 15.6. The first-order chi connectivity index (χ1) is 19.1. The number of fused-ring (bicyclic) bond motifs is 1. The quantitative estimate of drug-likeness (QED) is 0.356. The molecule has 2 aromatic carbocycles. The SMILES string of the molecule is CC[C@@H](C(=O)NC1CCCC1)N(Cc1ccc(Cl)cc1Cl)C(=O)CCCN(c1ccc2c(c1)OCO2)S(C)(=O)=O. The van der Waals surface area contributed by atoms with E-state index in [0.29, 0.717) is 39.2 Å². The molecule has 4 rings (SSSR count). The lowest BCUT2D eigenvalue weighted by molar-refractivity contribution is -0.141. The van der Waals surface area contributed by atoms with Crippen LogP contribution in [0.2, 0.25) is 10.0 Å². The largest absolute Gasteiger partial charge is 0.454 e. The lowest BCUT2D eigenvalue weighted by Crippen LogP contribution is -2.51. The van der Waals surface area contributed by atoms with E-state index in [1.54, 1.807) is 41.3 Å². The fraction of sp³-hybridized carbons (Fsp3) is 0.500. The molecule has 2 aromatic rings. The third-order valence-electron chi connectivity index (χ3n) is 7.24. The number of amides is 2. The van der Waals surface area contributed by atoms with Crippen molar-refractivity contribution in [2.75, 3.05) is 23.9 Å². The molecule has 1 atom stereocenters. The van der Waals surface area contributed by atoms with Crippen LogP contribution in [0.4, 0.5) is 5.69 Å². The number of hydrogen-bond donors (Lipinski definition) is 1. The van der Waals surface area contributed by atoms with Crippen molar-refractivity contribution >= 4 is 50.7 Å². The highest BCUT2D eigenvalue weighted by atomic mass is 35.5. The summed E-state index contributed by atoms with van der Waals surface area (Å²) in [5.41, 5.74) is 1.09. The van der Waals surface area contributed by atoms with Gasteiger partial charge in [0.25, 0.3) is 0 Å². The van der Waals surface area contributed by atoms with Crippen molar-refractivity contribution in [3.63, 3.8) is 0 Å². The smallest absolute Gasteiger partial charge is 0.243 e. The van der Waals surface area contributed by atoms with E-state index in [9.17, 15) is 18.0 Å². The van der Waals surface area contributed by atoms with Gasteiger partial charge < -0.3 is 19.7 Å². The Morgan fingerprint density at radius 1 is 1.07 bits per heavy atom. The fourth-order valence-corrected chi connectivity index (χ4v) is 6.59. The number of anilines is 1. The summed E-state index contributed by atoms with van der Waals surface area (Å²) in [6, 6.07) is 9.38. The Bertz CT molecular complexity index is 1330. The van der Waals surface area contributed by atoms with E-state index in [1.807, 2.05) is 6.92 Å². The number of carbonyl (C=O) groups excluding carboxylic acids is 2. The molecule has 1 saturated carbocycles. The summed E-state index contributed by atoms with van der Waals surface area (Å²) in [5, 5.41) is 3.99. The van der Waals surface area contributed by atoms with Crippen LogP contribution in [0.3, 0.4) is 0 Å². The average molecular weight is 613 g/mol. The summed E-state index contributed by atoms with van der Waals surface area (Å²) in [5.74, 6) is 0.558. The van der Waals surface area contributed by atoms with Gasteiger partial charge in [0.2, 0.25) is 28.6 Å².